The first-order valence-corrected chi connectivity index (χ1v) is 6.79. The average molecular weight is 295 g/mol. The second-order valence-corrected chi connectivity index (χ2v) is 5.19. The van der Waals surface area contributed by atoms with Crippen molar-refractivity contribution in [1.82, 2.24) is 5.32 Å². The Balaban J connectivity index is 2.56. The predicted octanol–water partition coefficient (Wildman–Crippen LogP) is 2.43. The fraction of sp³-hybridized carbons (Fsp3) is 0.500. The summed E-state index contributed by atoms with van der Waals surface area (Å²) in [6.45, 7) is 5.71. The number of carbonyl (C=O) groups is 1. The van der Waals surface area contributed by atoms with Gasteiger partial charge in [0.15, 0.2) is 0 Å². The van der Waals surface area contributed by atoms with Gasteiger partial charge in [0.1, 0.15) is 0 Å². The van der Waals surface area contributed by atoms with Crippen LogP contribution in [-0.2, 0) is 0 Å². The van der Waals surface area contributed by atoms with E-state index in [1.807, 2.05) is 13.8 Å². The fourth-order valence-electron chi connectivity index (χ4n) is 1.79. The van der Waals surface area contributed by atoms with Crippen LogP contribution in [0.1, 0.15) is 25.8 Å². The van der Waals surface area contributed by atoms with Crippen LogP contribution in [0.15, 0.2) is 18.2 Å². The molecule has 0 aromatic heterocycles. The Hall–Kier alpha value is -2.15. The summed E-state index contributed by atoms with van der Waals surface area (Å²) in [6.07, 6.45) is -0.0104. The summed E-state index contributed by atoms with van der Waals surface area (Å²) in [6, 6.07) is 4.06. The Bertz CT molecular complexity index is 517. The van der Waals surface area contributed by atoms with Crippen LogP contribution < -0.4 is 10.6 Å². The van der Waals surface area contributed by atoms with Crippen LogP contribution in [0.5, 0.6) is 0 Å². The number of urea groups is 1. The molecule has 3 N–H and O–H groups in total. The zero-order valence-corrected chi connectivity index (χ0v) is 12.4. The van der Waals surface area contributed by atoms with Crippen molar-refractivity contribution in [3.8, 4) is 0 Å². The van der Waals surface area contributed by atoms with E-state index >= 15 is 0 Å². The second-order valence-electron chi connectivity index (χ2n) is 5.19. The topological polar surface area (TPSA) is 104 Å². The average Bonchev–Trinajstić information content (AvgIpc) is 2.40. The number of aliphatic hydroxyl groups is 1. The van der Waals surface area contributed by atoms with Crippen molar-refractivity contribution in [3.05, 3.63) is 33.9 Å². The molecule has 7 nitrogen and oxygen atoms in total. The largest absolute Gasteiger partial charge is 0.393 e. The molecule has 0 radical (unpaired) electrons. The molecule has 1 aromatic carbocycles. The normalized spacial score (nSPS) is 12.0. The highest BCUT2D eigenvalue weighted by atomic mass is 16.6. The van der Waals surface area contributed by atoms with Crippen molar-refractivity contribution < 1.29 is 14.8 Å². The first-order chi connectivity index (χ1) is 9.82. The molecular weight excluding hydrogens is 274 g/mol. The monoisotopic (exact) mass is 295 g/mol. The third kappa shape index (κ3) is 5.03. The van der Waals surface area contributed by atoms with E-state index in [0.29, 0.717) is 24.2 Å². The summed E-state index contributed by atoms with van der Waals surface area (Å²) in [5.74, 6) is 0.133. The molecule has 1 aromatic rings. The standard InChI is InChI=1S/C14H21N3O4/c1-9(2)13(18)7-8-15-14(19)16-11-5-4-6-12(10(11)3)17(20)21/h4-6,9,13,18H,7-8H2,1-3H3,(H2,15,16,19). The van der Waals surface area contributed by atoms with E-state index in [1.54, 1.807) is 13.0 Å². The minimum Gasteiger partial charge on any atom is -0.393 e. The van der Waals surface area contributed by atoms with Crippen molar-refractivity contribution in [2.75, 3.05) is 11.9 Å². The summed E-state index contributed by atoms with van der Waals surface area (Å²) in [5.41, 5.74) is 0.758. The number of carbonyl (C=O) groups excluding carboxylic acids is 1. The van der Waals surface area contributed by atoms with Gasteiger partial charge in [-0.05, 0) is 25.3 Å². The Kier molecular flexibility index (Phi) is 6.10. The van der Waals surface area contributed by atoms with Crippen LogP contribution in [0.3, 0.4) is 0 Å². The smallest absolute Gasteiger partial charge is 0.319 e. The van der Waals surface area contributed by atoms with E-state index in [9.17, 15) is 20.0 Å². The number of rotatable bonds is 6. The second kappa shape index (κ2) is 7.58. The van der Waals surface area contributed by atoms with Gasteiger partial charge in [-0.2, -0.15) is 0 Å². The lowest BCUT2D eigenvalue weighted by molar-refractivity contribution is -0.385. The first-order valence-electron chi connectivity index (χ1n) is 6.79. The van der Waals surface area contributed by atoms with E-state index in [4.69, 9.17) is 0 Å². The van der Waals surface area contributed by atoms with Gasteiger partial charge in [0, 0.05) is 12.6 Å². The fourth-order valence-corrected chi connectivity index (χ4v) is 1.79. The van der Waals surface area contributed by atoms with Gasteiger partial charge >= 0.3 is 6.03 Å². The number of benzene rings is 1. The van der Waals surface area contributed by atoms with Gasteiger partial charge in [0.2, 0.25) is 0 Å². The van der Waals surface area contributed by atoms with Crippen molar-refractivity contribution >= 4 is 17.4 Å². The molecule has 0 saturated heterocycles. The summed E-state index contributed by atoms with van der Waals surface area (Å²) < 4.78 is 0. The Morgan fingerprint density at radius 1 is 1.43 bits per heavy atom. The van der Waals surface area contributed by atoms with Crippen molar-refractivity contribution in [1.29, 1.82) is 0 Å². The highest BCUT2D eigenvalue weighted by Crippen LogP contribution is 2.24. The maximum atomic E-state index is 11.7. The number of nitrogens with one attached hydrogen (secondary N) is 2. The molecule has 0 aliphatic heterocycles. The zero-order valence-electron chi connectivity index (χ0n) is 12.4. The minimum atomic E-state index is -0.489. The molecule has 0 fully saturated rings. The van der Waals surface area contributed by atoms with E-state index < -0.39 is 17.1 Å². The molecule has 21 heavy (non-hydrogen) atoms. The molecule has 2 amide bonds. The third-order valence-electron chi connectivity index (χ3n) is 3.25. The van der Waals surface area contributed by atoms with Crippen LogP contribution in [0.25, 0.3) is 0 Å². The number of hydrogen-bond donors (Lipinski definition) is 3. The summed E-state index contributed by atoms with van der Waals surface area (Å²) in [7, 11) is 0. The number of amides is 2. The quantitative estimate of drug-likeness (QED) is 0.553. The first kappa shape index (κ1) is 16.9. The lowest BCUT2D eigenvalue weighted by Crippen LogP contribution is -2.32. The predicted molar refractivity (Wildman–Crippen MR) is 80.3 cm³/mol. The summed E-state index contributed by atoms with van der Waals surface area (Å²) in [5, 5.41) is 25.6. The molecule has 0 spiro atoms. The van der Waals surface area contributed by atoms with E-state index in [2.05, 4.69) is 10.6 Å². The molecular formula is C14H21N3O4. The van der Waals surface area contributed by atoms with Crippen LogP contribution in [0, 0.1) is 23.0 Å². The Labute approximate surface area is 123 Å². The molecule has 0 aliphatic rings. The number of anilines is 1. The van der Waals surface area contributed by atoms with Gasteiger partial charge in [0.05, 0.1) is 22.3 Å². The zero-order chi connectivity index (χ0) is 16.0. The maximum Gasteiger partial charge on any atom is 0.319 e. The summed E-state index contributed by atoms with van der Waals surface area (Å²) >= 11 is 0. The van der Waals surface area contributed by atoms with Gasteiger partial charge in [-0.1, -0.05) is 19.9 Å². The summed E-state index contributed by atoms with van der Waals surface area (Å²) in [4.78, 5) is 22.1. The number of hydrogen-bond acceptors (Lipinski definition) is 4. The van der Waals surface area contributed by atoms with Crippen LogP contribution in [0.2, 0.25) is 0 Å². The molecule has 116 valence electrons. The molecule has 7 heteroatoms. The SMILES string of the molecule is Cc1c(NC(=O)NCCC(O)C(C)C)cccc1[N+](=O)[O-]. The molecule has 0 saturated carbocycles. The lowest BCUT2D eigenvalue weighted by Gasteiger charge is -2.15. The van der Waals surface area contributed by atoms with Crippen LogP contribution >= 0.6 is 0 Å². The molecule has 0 aliphatic carbocycles. The maximum absolute atomic E-state index is 11.7. The number of nitrogens with zero attached hydrogens (tertiary/aromatic N) is 1. The molecule has 1 unspecified atom stereocenters. The third-order valence-corrected chi connectivity index (χ3v) is 3.25. The van der Waals surface area contributed by atoms with Crippen molar-refractivity contribution in [2.24, 2.45) is 5.92 Å². The van der Waals surface area contributed by atoms with Gasteiger partial charge in [-0.3, -0.25) is 10.1 Å². The lowest BCUT2D eigenvalue weighted by atomic mass is 10.0. The Morgan fingerprint density at radius 3 is 2.67 bits per heavy atom. The highest BCUT2D eigenvalue weighted by Gasteiger charge is 2.15. The highest BCUT2D eigenvalue weighted by molar-refractivity contribution is 5.90. The van der Waals surface area contributed by atoms with E-state index in [1.165, 1.54) is 12.1 Å². The minimum absolute atomic E-state index is 0.0389. The number of aliphatic hydroxyl groups excluding tert-OH is 1. The van der Waals surface area contributed by atoms with E-state index in [0.717, 1.165) is 0 Å². The van der Waals surface area contributed by atoms with Gasteiger partial charge < -0.3 is 15.7 Å². The molecule has 0 heterocycles. The molecule has 1 atom stereocenters. The van der Waals surface area contributed by atoms with Gasteiger partial charge in [0.25, 0.3) is 5.69 Å². The van der Waals surface area contributed by atoms with Crippen molar-refractivity contribution in [2.45, 2.75) is 33.3 Å². The van der Waals surface area contributed by atoms with Crippen LogP contribution in [0.4, 0.5) is 16.2 Å². The number of nitro benzene ring substituents is 1. The van der Waals surface area contributed by atoms with Gasteiger partial charge in [-0.15, -0.1) is 0 Å². The van der Waals surface area contributed by atoms with Crippen molar-refractivity contribution in [3.63, 3.8) is 0 Å². The van der Waals surface area contributed by atoms with E-state index in [-0.39, 0.29) is 11.6 Å². The van der Waals surface area contributed by atoms with Crippen LogP contribution in [-0.4, -0.2) is 28.7 Å². The van der Waals surface area contributed by atoms with Gasteiger partial charge in [-0.25, -0.2) is 4.79 Å². The molecule has 0 bridgehead atoms. The molecule has 1 rings (SSSR count). The number of nitro groups is 1. The Morgan fingerprint density at radius 2 is 2.10 bits per heavy atom.